The summed E-state index contributed by atoms with van der Waals surface area (Å²) in [6.45, 7) is 5.50. The Bertz CT molecular complexity index is 518. The molecule has 0 N–H and O–H groups in total. The van der Waals surface area contributed by atoms with E-state index in [0.29, 0.717) is 11.6 Å². The van der Waals surface area contributed by atoms with Crippen molar-refractivity contribution in [1.29, 1.82) is 0 Å². The van der Waals surface area contributed by atoms with Crippen molar-refractivity contribution in [3.63, 3.8) is 0 Å². The van der Waals surface area contributed by atoms with Crippen molar-refractivity contribution >= 4 is 11.7 Å². The zero-order chi connectivity index (χ0) is 16.2. The van der Waals surface area contributed by atoms with Crippen molar-refractivity contribution in [3.05, 3.63) is 23.9 Å². The molecule has 0 bridgehead atoms. The molecule has 0 unspecified atom stereocenters. The second-order valence-corrected chi connectivity index (χ2v) is 6.83. The van der Waals surface area contributed by atoms with Gasteiger partial charge in [-0.05, 0) is 43.7 Å². The monoisotopic (exact) mass is 317 g/mol. The lowest BCUT2D eigenvalue weighted by Gasteiger charge is -2.33. The van der Waals surface area contributed by atoms with Gasteiger partial charge in [-0.1, -0.05) is 6.92 Å². The predicted octanol–water partition coefficient (Wildman–Crippen LogP) is 2.57. The van der Waals surface area contributed by atoms with Crippen molar-refractivity contribution < 1.29 is 9.53 Å². The Morgan fingerprint density at radius 2 is 1.91 bits per heavy atom. The van der Waals surface area contributed by atoms with Crippen LogP contribution in [0.3, 0.4) is 0 Å². The number of morpholine rings is 1. The number of amides is 1. The molecule has 1 aliphatic heterocycles. The minimum atomic E-state index is 0.0885. The first-order valence-corrected chi connectivity index (χ1v) is 8.71. The number of hydrogen-bond donors (Lipinski definition) is 0. The molecule has 2 heterocycles. The van der Waals surface area contributed by atoms with Gasteiger partial charge in [-0.3, -0.25) is 4.79 Å². The summed E-state index contributed by atoms with van der Waals surface area (Å²) in [5.41, 5.74) is 0.683. The topological polar surface area (TPSA) is 45.7 Å². The van der Waals surface area contributed by atoms with Crippen LogP contribution in [0.1, 0.15) is 43.0 Å². The molecule has 1 saturated heterocycles. The molecule has 2 fully saturated rings. The van der Waals surface area contributed by atoms with Gasteiger partial charge >= 0.3 is 0 Å². The Morgan fingerprint density at radius 3 is 2.52 bits per heavy atom. The average molecular weight is 317 g/mol. The van der Waals surface area contributed by atoms with E-state index in [-0.39, 0.29) is 5.91 Å². The fourth-order valence-corrected chi connectivity index (χ4v) is 3.49. The van der Waals surface area contributed by atoms with Gasteiger partial charge in [-0.25, -0.2) is 4.98 Å². The highest BCUT2D eigenvalue weighted by Crippen LogP contribution is 2.27. The first-order chi connectivity index (χ1) is 11.1. The van der Waals surface area contributed by atoms with Crippen LogP contribution in [0.15, 0.2) is 18.3 Å². The Balaban J connectivity index is 1.62. The fraction of sp³-hybridized carbons (Fsp3) is 0.667. The molecule has 1 aliphatic carbocycles. The van der Waals surface area contributed by atoms with E-state index >= 15 is 0 Å². The van der Waals surface area contributed by atoms with Gasteiger partial charge in [0, 0.05) is 32.4 Å². The molecule has 2 aliphatic rings. The molecule has 0 spiro atoms. The fourth-order valence-electron chi connectivity index (χ4n) is 3.49. The van der Waals surface area contributed by atoms with Crippen LogP contribution in [0.25, 0.3) is 0 Å². The maximum Gasteiger partial charge on any atom is 0.255 e. The van der Waals surface area contributed by atoms with Gasteiger partial charge in [0.2, 0.25) is 0 Å². The van der Waals surface area contributed by atoms with E-state index < -0.39 is 0 Å². The number of pyridine rings is 1. The summed E-state index contributed by atoms with van der Waals surface area (Å²) in [6, 6.07) is 4.23. The summed E-state index contributed by atoms with van der Waals surface area (Å²) in [7, 11) is 1.93. The molecule has 126 valence electrons. The Labute approximate surface area is 138 Å². The highest BCUT2D eigenvalue weighted by Gasteiger charge is 2.25. The molecule has 1 aromatic heterocycles. The number of hydrogen-bond acceptors (Lipinski definition) is 4. The third-order valence-electron chi connectivity index (χ3n) is 5.18. The molecule has 5 heteroatoms. The first-order valence-electron chi connectivity index (χ1n) is 8.71. The van der Waals surface area contributed by atoms with Gasteiger partial charge in [0.15, 0.2) is 0 Å². The van der Waals surface area contributed by atoms with Crippen LogP contribution in [0.2, 0.25) is 0 Å². The van der Waals surface area contributed by atoms with Gasteiger partial charge in [0.1, 0.15) is 5.82 Å². The van der Waals surface area contributed by atoms with Crippen LogP contribution in [0.5, 0.6) is 0 Å². The molecule has 0 atom stereocenters. The molecule has 0 radical (unpaired) electrons. The number of rotatable bonds is 3. The standard InChI is InChI=1S/C18H27N3O2/c1-14-3-6-16(7-4-14)20(2)18(22)15-5-8-17(19-13-15)21-9-11-23-12-10-21/h5,8,13-14,16H,3-4,6-7,9-12H2,1-2H3. The SMILES string of the molecule is CC1CCC(N(C)C(=O)c2ccc(N3CCOCC3)nc2)CC1. The summed E-state index contributed by atoms with van der Waals surface area (Å²) in [6.07, 6.45) is 6.38. The van der Waals surface area contributed by atoms with Crippen LogP contribution in [-0.4, -0.2) is 55.2 Å². The third kappa shape index (κ3) is 3.83. The lowest BCUT2D eigenvalue weighted by Crippen LogP contribution is -2.39. The largest absolute Gasteiger partial charge is 0.378 e. The molecule has 0 aromatic carbocycles. The number of aromatic nitrogens is 1. The molecule has 1 aromatic rings. The molecular weight excluding hydrogens is 290 g/mol. The van der Waals surface area contributed by atoms with Crippen molar-refractivity contribution in [2.75, 3.05) is 38.3 Å². The zero-order valence-corrected chi connectivity index (χ0v) is 14.2. The third-order valence-corrected chi connectivity index (χ3v) is 5.18. The summed E-state index contributed by atoms with van der Waals surface area (Å²) in [5, 5.41) is 0. The number of anilines is 1. The van der Waals surface area contributed by atoms with Gasteiger partial charge in [0.25, 0.3) is 5.91 Å². The number of carbonyl (C=O) groups excluding carboxylic acids is 1. The van der Waals surface area contributed by atoms with Crippen molar-refractivity contribution in [3.8, 4) is 0 Å². The number of nitrogens with zero attached hydrogens (tertiary/aromatic N) is 3. The Morgan fingerprint density at radius 1 is 1.22 bits per heavy atom. The summed E-state index contributed by atoms with van der Waals surface area (Å²) in [4.78, 5) is 21.3. The maximum atomic E-state index is 12.7. The molecule has 3 rings (SSSR count). The second kappa shape index (κ2) is 7.30. The van der Waals surface area contributed by atoms with E-state index in [1.807, 2.05) is 24.1 Å². The Hall–Kier alpha value is -1.62. The van der Waals surface area contributed by atoms with E-state index in [2.05, 4.69) is 16.8 Å². The summed E-state index contributed by atoms with van der Waals surface area (Å²) < 4.78 is 5.36. The van der Waals surface area contributed by atoms with E-state index in [1.165, 1.54) is 12.8 Å². The molecular formula is C18H27N3O2. The number of carbonyl (C=O) groups is 1. The summed E-state index contributed by atoms with van der Waals surface area (Å²) >= 11 is 0. The van der Waals surface area contributed by atoms with Crippen LogP contribution in [0, 0.1) is 5.92 Å². The molecule has 23 heavy (non-hydrogen) atoms. The van der Waals surface area contributed by atoms with E-state index in [9.17, 15) is 4.79 Å². The highest BCUT2D eigenvalue weighted by molar-refractivity contribution is 5.94. The normalized spacial score (nSPS) is 25.2. The van der Waals surface area contributed by atoms with Gasteiger partial charge in [0.05, 0.1) is 18.8 Å². The van der Waals surface area contributed by atoms with E-state index in [1.54, 1.807) is 6.20 Å². The Kier molecular flexibility index (Phi) is 5.16. The minimum Gasteiger partial charge on any atom is -0.378 e. The quantitative estimate of drug-likeness (QED) is 0.859. The van der Waals surface area contributed by atoms with Crippen molar-refractivity contribution in [1.82, 2.24) is 9.88 Å². The second-order valence-electron chi connectivity index (χ2n) is 6.83. The van der Waals surface area contributed by atoms with Crippen LogP contribution in [-0.2, 0) is 4.74 Å². The van der Waals surface area contributed by atoms with Gasteiger partial charge < -0.3 is 14.5 Å². The zero-order valence-electron chi connectivity index (χ0n) is 14.2. The molecule has 5 nitrogen and oxygen atoms in total. The molecule has 1 amide bonds. The first kappa shape index (κ1) is 16.2. The summed E-state index contributed by atoms with van der Waals surface area (Å²) in [5.74, 6) is 1.81. The number of ether oxygens (including phenoxy) is 1. The van der Waals surface area contributed by atoms with E-state index in [4.69, 9.17) is 4.74 Å². The average Bonchev–Trinajstić information content (AvgIpc) is 2.62. The molecule has 1 saturated carbocycles. The van der Waals surface area contributed by atoms with Crippen molar-refractivity contribution in [2.24, 2.45) is 5.92 Å². The lowest BCUT2D eigenvalue weighted by atomic mass is 9.86. The smallest absolute Gasteiger partial charge is 0.255 e. The van der Waals surface area contributed by atoms with Gasteiger partial charge in [-0.15, -0.1) is 0 Å². The maximum absolute atomic E-state index is 12.7. The van der Waals surface area contributed by atoms with E-state index in [0.717, 1.165) is 50.9 Å². The van der Waals surface area contributed by atoms with Crippen LogP contribution < -0.4 is 4.90 Å². The van der Waals surface area contributed by atoms with Gasteiger partial charge in [-0.2, -0.15) is 0 Å². The predicted molar refractivity (Wildman–Crippen MR) is 90.8 cm³/mol. The minimum absolute atomic E-state index is 0.0885. The highest BCUT2D eigenvalue weighted by atomic mass is 16.5. The van der Waals surface area contributed by atoms with Crippen LogP contribution >= 0.6 is 0 Å². The van der Waals surface area contributed by atoms with Crippen molar-refractivity contribution in [2.45, 2.75) is 38.6 Å². The van der Waals surface area contributed by atoms with Crippen LogP contribution in [0.4, 0.5) is 5.82 Å². The lowest BCUT2D eigenvalue weighted by molar-refractivity contribution is 0.0679.